The van der Waals surface area contributed by atoms with Crippen LogP contribution in [0.15, 0.2) is 0 Å². The molecular weight excluding hydrogens is 220 g/mol. The zero-order valence-electron chi connectivity index (χ0n) is 12.2. The molecule has 2 aliphatic heterocycles. The minimum absolute atomic E-state index is 0.829. The Hall–Kier alpha value is -0.0800. The monoisotopic (exact) mass is 250 g/mol. The molecular formula is C16H30N2. The van der Waals surface area contributed by atoms with Crippen LogP contribution in [0.25, 0.3) is 0 Å². The van der Waals surface area contributed by atoms with Crippen LogP contribution in [0.5, 0.6) is 0 Å². The van der Waals surface area contributed by atoms with E-state index in [1.54, 1.807) is 0 Å². The molecule has 0 aromatic carbocycles. The molecule has 2 saturated heterocycles. The van der Waals surface area contributed by atoms with E-state index in [2.05, 4.69) is 24.1 Å². The molecule has 2 heteroatoms. The summed E-state index contributed by atoms with van der Waals surface area (Å²) in [5.74, 6) is 1.84. The second kappa shape index (κ2) is 5.50. The lowest BCUT2D eigenvalue weighted by molar-refractivity contribution is 0.195. The van der Waals surface area contributed by atoms with Gasteiger partial charge in [0.1, 0.15) is 0 Å². The lowest BCUT2D eigenvalue weighted by Gasteiger charge is -2.31. The van der Waals surface area contributed by atoms with E-state index in [0.717, 1.165) is 30.0 Å². The Labute approximate surface area is 113 Å². The molecule has 3 rings (SSSR count). The van der Waals surface area contributed by atoms with Crippen molar-refractivity contribution in [3.8, 4) is 0 Å². The van der Waals surface area contributed by atoms with Gasteiger partial charge < -0.3 is 10.2 Å². The van der Waals surface area contributed by atoms with Gasteiger partial charge >= 0.3 is 0 Å². The molecule has 1 aliphatic carbocycles. The summed E-state index contributed by atoms with van der Waals surface area (Å²) in [6.45, 7) is 7.41. The molecule has 1 saturated carbocycles. The molecule has 1 N–H and O–H groups in total. The standard InChI is InChI=1S/C16H30N2/c1-12(2)11-18(16-5-6-16)8-7-13-9-14-3-4-15(10-13)17-14/h12-17H,3-11H2,1-2H3. The first kappa shape index (κ1) is 12.9. The summed E-state index contributed by atoms with van der Waals surface area (Å²) < 4.78 is 0. The van der Waals surface area contributed by atoms with Crippen molar-refractivity contribution in [2.24, 2.45) is 11.8 Å². The minimum Gasteiger partial charge on any atom is -0.311 e. The summed E-state index contributed by atoms with van der Waals surface area (Å²) in [4.78, 5) is 2.79. The number of fused-ring (bicyclic) bond motifs is 2. The molecule has 0 radical (unpaired) electrons. The maximum atomic E-state index is 3.76. The third-order valence-corrected chi connectivity index (χ3v) is 5.06. The second-order valence-electron chi connectivity index (χ2n) is 7.38. The van der Waals surface area contributed by atoms with E-state index in [-0.39, 0.29) is 0 Å². The first-order chi connectivity index (χ1) is 8.70. The van der Waals surface area contributed by atoms with Gasteiger partial charge in [0.15, 0.2) is 0 Å². The largest absolute Gasteiger partial charge is 0.311 e. The van der Waals surface area contributed by atoms with Crippen molar-refractivity contribution < 1.29 is 0 Å². The average molecular weight is 250 g/mol. The van der Waals surface area contributed by atoms with Gasteiger partial charge in [0.05, 0.1) is 0 Å². The SMILES string of the molecule is CC(C)CN(CCC1CC2CCC(C1)N2)C1CC1. The molecule has 2 heterocycles. The van der Waals surface area contributed by atoms with E-state index in [1.165, 1.54) is 58.0 Å². The quantitative estimate of drug-likeness (QED) is 0.779. The van der Waals surface area contributed by atoms with Gasteiger partial charge in [0, 0.05) is 24.7 Å². The van der Waals surface area contributed by atoms with Crippen molar-refractivity contribution in [1.29, 1.82) is 0 Å². The van der Waals surface area contributed by atoms with Crippen LogP contribution in [-0.4, -0.2) is 36.1 Å². The molecule has 2 atom stereocenters. The topological polar surface area (TPSA) is 15.3 Å². The molecule has 0 amide bonds. The number of hydrogen-bond donors (Lipinski definition) is 1. The fourth-order valence-electron chi connectivity index (χ4n) is 4.09. The predicted octanol–water partition coefficient (Wildman–Crippen LogP) is 3.03. The molecule has 0 spiro atoms. The zero-order chi connectivity index (χ0) is 12.5. The van der Waals surface area contributed by atoms with Gasteiger partial charge in [0.25, 0.3) is 0 Å². The number of piperidine rings is 1. The average Bonchev–Trinajstić information content (AvgIpc) is 3.11. The van der Waals surface area contributed by atoms with E-state index in [1.807, 2.05) is 0 Å². The van der Waals surface area contributed by atoms with E-state index in [0.29, 0.717) is 0 Å². The van der Waals surface area contributed by atoms with E-state index < -0.39 is 0 Å². The lowest BCUT2D eigenvalue weighted by atomic mass is 9.89. The van der Waals surface area contributed by atoms with Crippen LogP contribution in [-0.2, 0) is 0 Å². The molecule has 2 nitrogen and oxygen atoms in total. The van der Waals surface area contributed by atoms with Crippen LogP contribution in [0, 0.1) is 11.8 Å². The normalized spacial score (nSPS) is 35.7. The van der Waals surface area contributed by atoms with Gasteiger partial charge in [-0.05, 0) is 63.3 Å². The Morgan fingerprint density at radius 1 is 1.06 bits per heavy atom. The molecule has 2 bridgehead atoms. The fraction of sp³-hybridized carbons (Fsp3) is 1.00. The number of nitrogens with zero attached hydrogens (tertiary/aromatic N) is 1. The third-order valence-electron chi connectivity index (χ3n) is 5.06. The zero-order valence-corrected chi connectivity index (χ0v) is 12.2. The van der Waals surface area contributed by atoms with Crippen molar-refractivity contribution in [2.75, 3.05) is 13.1 Å². The maximum absolute atomic E-state index is 3.76. The number of nitrogens with one attached hydrogen (secondary N) is 1. The molecule has 104 valence electrons. The van der Waals surface area contributed by atoms with Crippen LogP contribution in [0.4, 0.5) is 0 Å². The molecule has 0 aromatic rings. The van der Waals surface area contributed by atoms with Gasteiger partial charge in [-0.1, -0.05) is 13.8 Å². The number of hydrogen-bond acceptors (Lipinski definition) is 2. The fourth-order valence-corrected chi connectivity index (χ4v) is 4.09. The minimum atomic E-state index is 0.829. The van der Waals surface area contributed by atoms with Gasteiger partial charge in [0.2, 0.25) is 0 Å². The molecule has 18 heavy (non-hydrogen) atoms. The lowest BCUT2D eigenvalue weighted by Crippen LogP contribution is -2.39. The van der Waals surface area contributed by atoms with E-state index in [9.17, 15) is 0 Å². The Bertz CT molecular complexity index is 260. The van der Waals surface area contributed by atoms with Crippen LogP contribution in [0.2, 0.25) is 0 Å². The smallest absolute Gasteiger partial charge is 0.00965 e. The van der Waals surface area contributed by atoms with E-state index in [4.69, 9.17) is 0 Å². The van der Waals surface area contributed by atoms with Crippen molar-refractivity contribution in [3.63, 3.8) is 0 Å². The predicted molar refractivity (Wildman–Crippen MR) is 76.7 cm³/mol. The maximum Gasteiger partial charge on any atom is 0.00965 e. The highest BCUT2D eigenvalue weighted by atomic mass is 15.2. The summed E-state index contributed by atoms with van der Waals surface area (Å²) in [7, 11) is 0. The summed E-state index contributed by atoms with van der Waals surface area (Å²) in [5, 5.41) is 3.76. The Morgan fingerprint density at radius 3 is 2.28 bits per heavy atom. The summed E-state index contributed by atoms with van der Waals surface area (Å²) in [6.07, 6.45) is 10.2. The molecule has 3 fully saturated rings. The highest BCUT2D eigenvalue weighted by Gasteiger charge is 2.34. The summed E-state index contributed by atoms with van der Waals surface area (Å²) in [6, 6.07) is 2.69. The highest BCUT2D eigenvalue weighted by Crippen LogP contribution is 2.34. The van der Waals surface area contributed by atoms with Gasteiger partial charge in [-0.25, -0.2) is 0 Å². The van der Waals surface area contributed by atoms with Crippen LogP contribution < -0.4 is 5.32 Å². The summed E-state index contributed by atoms with van der Waals surface area (Å²) in [5.41, 5.74) is 0. The van der Waals surface area contributed by atoms with Crippen LogP contribution in [0.1, 0.15) is 58.8 Å². The first-order valence-electron chi connectivity index (χ1n) is 8.21. The van der Waals surface area contributed by atoms with Crippen molar-refractivity contribution in [3.05, 3.63) is 0 Å². The number of rotatable bonds is 6. The van der Waals surface area contributed by atoms with Crippen LogP contribution in [0.3, 0.4) is 0 Å². The van der Waals surface area contributed by atoms with Gasteiger partial charge in [-0.2, -0.15) is 0 Å². The van der Waals surface area contributed by atoms with E-state index >= 15 is 0 Å². The third kappa shape index (κ3) is 3.27. The summed E-state index contributed by atoms with van der Waals surface area (Å²) >= 11 is 0. The van der Waals surface area contributed by atoms with Crippen molar-refractivity contribution >= 4 is 0 Å². The Morgan fingerprint density at radius 2 is 1.72 bits per heavy atom. The molecule has 2 unspecified atom stereocenters. The van der Waals surface area contributed by atoms with Gasteiger partial charge in [-0.3, -0.25) is 0 Å². The molecule has 3 aliphatic rings. The van der Waals surface area contributed by atoms with Crippen molar-refractivity contribution in [1.82, 2.24) is 10.2 Å². The van der Waals surface area contributed by atoms with Crippen molar-refractivity contribution in [2.45, 2.75) is 76.9 Å². The Balaban J connectivity index is 1.44. The highest BCUT2D eigenvalue weighted by molar-refractivity contribution is 4.93. The Kier molecular flexibility index (Phi) is 3.95. The first-order valence-corrected chi connectivity index (χ1v) is 8.21. The van der Waals surface area contributed by atoms with Crippen LogP contribution >= 0.6 is 0 Å². The van der Waals surface area contributed by atoms with Gasteiger partial charge in [-0.15, -0.1) is 0 Å². The second-order valence-corrected chi connectivity index (χ2v) is 7.38. The molecule has 0 aromatic heterocycles.